The molecule has 1 N–H and O–H groups in total. The summed E-state index contributed by atoms with van der Waals surface area (Å²) in [6.45, 7) is 9.91. The summed E-state index contributed by atoms with van der Waals surface area (Å²) >= 11 is 0. The lowest BCUT2D eigenvalue weighted by Gasteiger charge is -2.39. The molecule has 0 aromatic heterocycles. The largest absolute Gasteiger partial charge is 0.394 e. The zero-order valence-electron chi connectivity index (χ0n) is 26.7. The summed E-state index contributed by atoms with van der Waals surface area (Å²) < 4.78 is 7.01. The third-order valence-electron chi connectivity index (χ3n) is 10.4. The molecule has 3 fully saturated rings. The van der Waals surface area contributed by atoms with Crippen molar-refractivity contribution < 1.29 is 24.2 Å². The van der Waals surface area contributed by atoms with Crippen LogP contribution >= 0.6 is 0 Å². The Morgan fingerprint density at radius 2 is 1.70 bits per heavy atom. The molecule has 240 valence electrons. The maximum absolute atomic E-state index is 15.1. The zero-order chi connectivity index (χ0) is 32.6. The number of benzene rings is 3. The Kier molecular flexibility index (Phi) is 8.61. The molecule has 6 rings (SSSR count). The number of aliphatic hydroxyl groups excluding tert-OH is 1. The fraction of sp³-hybridized carbons (Fsp3) is 0.395. The number of fused-ring (bicyclic) bond motifs is 2. The number of likely N-dealkylation sites (tertiary alicyclic amines) is 1. The SMILES string of the molecule is C=CCN(C)C(=O)[C@@H]1[C@H]2C(=O)N([C@@H](CO)Cc3ccccc3)C(C(=O)N(CC=C)c3ccc4ccccc4c3)C23CC[C@@]1(CC)O3. The molecule has 3 aliphatic heterocycles. The Balaban J connectivity index is 1.49. The van der Waals surface area contributed by atoms with Gasteiger partial charge in [0.2, 0.25) is 11.8 Å². The summed E-state index contributed by atoms with van der Waals surface area (Å²) in [5.41, 5.74) is -0.478. The molecule has 3 aromatic carbocycles. The highest BCUT2D eigenvalue weighted by molar-refractivity contribution is 6.06. The van der Waals surface area contributed by atoms with Crippen molar-refractivity contribution in [2.24, 2.45) is 11.8 Å². The lowest BCUT2D eigenvalue weighted by atomic mass is 9.64. The molecule has 0 aliphatic carbocycles. The average Bonchev–Trinajstić information content (AvgIpc) is 3.69. The average molecular weight is 622 g/mol. The monoisotopic (exact) mass is 621 g/mol. The van der Waals surface area contributed by atoms with Crippen LogP contribution in [0.25, 0.3) is 10.8 Å². The second kappa shape index (κ2) is 12.5. The van der Waals surface area contributed by atoms with Crippen LogP contribution in [0.1, 0.15) is 31.7 Å². The van der Waals surface area contributed by atoms with Crippen molar-refractivity contribution in [2.75, 3.05) is 31.6 Å². The summed E-state index contributed by atoms with van der Waals surface area (Å²) in [4.78, 5) is 49.0. The Labute approximate surface area is 270 Å². The van der Waals surface area contributed by atoms with E-state index in [1.165, 1.54) is 0 Å². The Hall–Kier alpha value is -4.27. The van der Waals surface area contributed by atoms with Crippen LogP contribution in [0.2, 0.25) is 0 Å². The molecule has 0 saturated carbocycles. The molecular formula is C38H43N3O5. The minimum atomic E-state index is -1.22. The zero-order valence-corrected chi connectivity index (χ0v) is 26.7. The first-order valence-corrected chi connectivity index (χ1v) is 16.2. The Bertz CT molecular complexity index is 1660. The number of anilines is 1. The number of rotatable bonds is 12. The molecule has 3 aromatic rings. The van der Waals surface area contributed by atoms with E-state index < -0.39 is 35.1 Å². The van der Waals surface area contributed by atoms with Crippen molar-refractivity contribution in [1.82, 2.24) is 9.80 Å². The van der Waals surface area contributed by atoms with E-state index in [4.69, 9.17) is 4.74 Å². The maximum Gasteiger partial charge on any atom is 0.253 e. The molecule has 2 unspecified atom stereocenters. The number of nitrogens with zero attached hydrogens (tertiary/aromatic N) is 3. The van der Waals surface area contributed by atoms with Gasteiger partial charge in [0.05, 0.1) is 30.1 Å². The second-order valence-corrected chi connectivity index (χ2v) is 12.9. The molecule has 8 nitrogen and oxygen atoms in total. The number of likely N-dealkylation sites (N-methyl/N-ethyl adjacent to an activating group) is 1. The van der Waals surface area contributed by atoms with Crippen molar-refractivity contribution in [1.29, 1.82) is 0 Å². The second-order valence-electron chi connectivity index (χ2n) is 12.9. The van der Waals surface area contributed by atoms with Crippen molar-refractivity contribution in [2.45, 2.75) is 55.9 Å². The summed E-state index contributed by atoms with van der Waals surface area (Å²) in [5.74, 6) is -2.42. The van der Waals surface area contributed by atoms with Crippen LogP contribution in [0.4, 0.5) is 5.69 Å². The van der Waals surface area contributed by atoms with E-state index in [9.17, 15) is 14.7 Å². The lowest BCUT2D eigenvalue weighted by molar-refractivity contribution is -0.153. The Morgan fingerprint density at radius 3 is 2.37 bits per heavy atom. The molecule has 3 heterocycles. The van der Waals surface area contributed by atoms with Crippen LogP contribution in [-0.4, -0.2) is 82.7 Å². The van der Waals surface area contributed by atoms with E-state index in [0.717, 1.165) is 16.3 Å². The topological polar surface area (TPSA) is 90.4 Å². The smallest absolute Gasteiger partial charge is 0.253 e. The molecule has 3 saturated heterocycles. The summed E-state index contributed by atoms with van der Waals surface area (Å²) in [6, 6.07) is 21.7. The number of aliphatic hydroxyl groups is 1. The van der Waals surface area contributed by atoms with Gasteiger partial charge in [-0.25, -0.2) is 0 Å². The summed E-state index contributed by atoms with van der Waals surface area (Å²) in [7, 11) is 1.71. The van der Waals surface area contributed by atoms with Crippen LogP contribution in [0.3, 0.4) is 0 Å². The Morgan fingerprint density at radius 1 is 1.00 bits per heavy atom. The molecular weight excluding hydrogens is 578 g/mol. The highest BCUT2D eigenvalue weighted by Gasteiger charge is 2.79. The fourth-order valence-corrected chi connectivity index (χ4v) is 8.31. The minimum absolute atomic E-state index is 0.184. The number of carbonyl (C=O) groups excluding carboxylic acids is 3. The third kappa shape index (κ3) is 4.95. The predicted molar refractivity (Wildman–Crippen MR) is 179 cm³/mol. The maximum atomic E-state index is 15.1. The molecule has 1 spiro atoms. The van der Waals surface area contributed by atoms with E-state index in [1.54, 1.807) is 33.9 Å². The van der Waals surface area contributed by atoms with Gasteiger partial charge in [0.1, 0.15) is 11.6 Å². The highest BCUT2D eigenvalue weighted by Crippen LogP contribution is 2.65. The molecule has 3 amide bonds. The van der Waals surface area contributed by atoms with E-state index in [0.29, 0.717) is 37.9 Å². The highest BCUT2D eigenvalue weighted by atomic mass is 16.5. The predicted octanol–water partition coefficient (Wildman–Crippen LogP) is 4.76. The lowest BCUT2D eigenvalue weighted by Crippen LogP contribution is -2.59. The van der Waals surface area contributed by atoms with Crippen LogP contribution in [-0.2, 0) is 25.5 Å². The quantitative estimate of drug-likeness (QED) is 0.295. The van der Waals surface area contributed by atoms with Gasteiger partial charge in [-0.3, -0.25) is 14.4 Å². The minimum Gasteiger partial charge on any atom is -0.394 e. The van der Waals surface area contributed by atoms with Gasteiger partial charge in [0, 0.05) is 25.8 Å². The normalized spacial score (nSPS) is 27.0. The van der Waals surface area contributed by atoms with E-state index in [1.807, 2.05) is 79.7 Å². The van der Waals surface area contributed by atoms with E-state index in [2.05, 4.69) is 13.2 Å². The summed E-state index contributed by atoms with van der Waals surface area (Å²) in [5, 5.41) is 12.9. The molecule has 2 bridgehead atoms. The van der Waals surface area contributed by atoms with Crippen LogP contribution < -0.4 is 4.90 Å². The molecule has 6 atom stereocenters. The number of hydrogen-bond donors (Lipinski definition) is 1. The number of ether oxygens (including phenoxy) is 1. The number of amides is 3. The summed E-state index contributed by atoms with van der Waals surface area (Å²) in [6.07, 6.45) is 5.24. The van der Waals surface area contributed by atoms with Gasteiger partial charge in [-0.05, 0) is 54.2 Å². The van der Waals surface area contributed by atoms with Gasteiger partial charge in [0.15, 0.2) is 0 Å². The van der Waals surface area contributed by atoms with Crippen molar-refractivity contribution in [3.05, 3.63) is 104 Å². The van der Waals surface area contributed by atoms with Gasteiger partial charge in [-0.15, -0.1) is 13.2 Å². The molecule has 46 heavy (non-hydrogen) atoms. The van der Waals surface area contributed by atoms with Gasteiger partial charge < -0.3 is 24.5 Å². The molecule has 0 radical (unpaired) electrons. The van der Waals surface area contributed by atoms with Gasteiger partial charge >= 0.3 is 0 Å². The van der Waals surface area contributed by atoms with Crippen molar-refractivity contribution >= 4 is 34.2 Å². The number of hydrogen-bond acceptors (Lipinski definition) is 5. The van der Waals surface area contributed by atoms with Gasteiger partial charge in [0.25, 0.3) is 5.91 Å². The third-order valence-corrected chi connectivity index (χ3v) is 10.4. The van der Waals surface area contributed by atoms with Crippen LogP contribution in [0.5, 0.6) is 0 Å². The molecule has 3 aliphatic rings. The van der Waals surface area contributed by atoms with E-state index >= 15 is 4.79 Å². The first-order valence-electron chi connectivity index (χ1n) is 16.2. The van der Waals surface area contributed by atoms with Gasteiger partial charge in [-0.2, -0.15) is 0 Å². The fourth-order valence-electron chi connectivity index (χ4n) is 8.31. The first kappa shape index (κ1) is 31.7. The van der Waals surface area contributed by atoms with Crippen molar-refractivity contribution in [3.63, 3.8) is 0 Å². The molecule has 8 heteroatoms. The van der Waals surface area contributed by atoms with Crippen molar-refractivity contribution in [3.8, 4) is 0 Å². The first-order chi connectivity index (χ1) is 22.2. The van der Waals surface area contributed by atoms with Gasteiger partial charge in [-0.1, -0.05) is 79.7 Å². The van der Waals surface area contributed by atoms with Crippen LogP contribution in [0, 0.1) is 11.8 Å². The van der Waals surface area contributed by atoms with E-state index in [-0.39, 0.29) is 30.9 Å². The number of carbonyl (C=O) groups is 3. The standard InChI is InChI=1S/C38H43N3O5/c1-5-21-39(4)34(43)31-32-35(44)41(30(25-42)23-26-13-9-8-10-14-26)33(38(32)20-19-37(31,7-3)46-38)36(45)40(22-6-2)29-18-17-27-15-11-12-16-28(27)24-29/h5-6,8-18,24,30-33,42H,1-2,7,19-23,25H2,3-4H3/t30-,31+,32+,33?,37-,38?/m1/s1. The van der Waals surface area contributed by atoms with Crippen LogP contribution in [0.15, 0.2) is 98.1 Å².